The Morgan fingerprint density at radius 1 is 1.62 bits per heavy atom. The van der Waals surface area contributed by atoms with E-state index in [0.29, 0.717) is 5.69 Å². The second kappa shape index (κ2) is 2.95. The molecule has 0 spiro atoms. The molecule has 0 amide bonds. The Hall–Kier alpha value is -1.17. The van der Waals surface area contributed by atoms with Crippen LogP contribution in [0.25, 0.3) is 0 Å². The average Bonchev–Trinajstić information content (AvgIpc) is 1.98. The van der Waals surface area contributed by atoms with Crippen molar-refractivity contribution in [2.24, 2.45) is 0 Å². The molecule has 0 fully saturated rings. The summed E-state index contributed by atoms with van der Waals surface area (Å²) in [6, 6.07) is 0. The molecule has 3 N–H and O–H groups in total. The van der Waals surface area contributed by atoms with E-state index in [-0.39, 0.29) is 15.7 Å². The summed E-state index contributed by atoms with van der Waals surface area (Å²) in [4.78, 5) is 11.5. The van der Waals surface area contributed by atoms with Gasteiger partial charge in [-0.3, -0.25) is 9.89 Å². The molecule has 1 aromatic heterocycles. The van der Waals surface area contributed by atoms with E-state index in [1.807, 2.05) is 20.8 Å². The molecule has 1 rings (SSSR count). The number of hydrogen-bond donors (Lipinski definition) is 2. The van der Waals surface area contributed by atoms with E-state index in [2.05, 4.69) is 10.2 Å². The fourth-order valence-corrected chi connectivity index (χ4v) is 1.03. The highest BCUT2D eigenvalue weighted by Gasteiger charge is 2.20. The number of hydrogen-bond acceptors (Lipinski definition) is 4. The van der Waals surface area contributed by atoms with Crippen LogP contribution in [0.2, 0.25) is 0 Å². The lowest BCUT2D eigenvalue weighted by Crippen LogP contribution is -2.37. The first-order valence-corrected chi connectivity index (χ1v) is 4.22. The van der Waals surface area contributed by atoms with Crippen LogP contribution in [0.5, 0.6) is 0 Å². The van der Waals surface area contributed by atoms with Crippen LogP contribution < -0.4 is 11.4 Å². The molecular weight excluding hydrogens is 190 g/mol. The first-order chi connectivity index (χ1) is 5.84. The zero-order valence-electron chi connectivity index (χ0n) is 7.79. The second-order valence-corrected chi connectivity index (χ2v) is 4.19. The fraction of sp³-hybridized carbons (Fsp3) is 0.571. The van der Waals surface area contributed by atoms with Gasteiger partial charge in [-0.1, -0.05) is 20.8 Å². The minimum Gasteiger partial charge on any atom is -0.334 e. The van der Waals surface area contributed by atoms with Crippen LogP contribution in [-0.4, -0.2) is 14.9 Å². The summed E-state index contributed by atoms with van der Waals surface area (Å²) in [5.74, 6) is 5.41. The van der Waals surface area contributed by atoms with Crippen molar-refractivity contribution >= 4 is 12.2 Å². The van der Waals surface area contributed by atoms with E-state index in [1.54, 1.807) is 0 Å². The highest BCUT2D eigenvalue weighted by Crippen LogP contribution is 2.14. The maximum atomic E-state index is 11.5. The number of aromatic amines is 1. The molecule has 0 aliphatic heterocycles. The molecule has 0 aliphatic rings. The Balaban J connectivity index is 3.54. The van der Waals surface area contributed by atoms with Crippen LogP contribution in [0, 0.1) is 4.77 Å². The molecule has 5 nitrogen and oxygen atoms in total. The van der Waals surface area contributed by atoms with Crippen LogP contribution in [0.1, 0.15) is 26.5 Å². The summed E-state index contributed by atoms with van der Waals surface area (Å²) in [7, 11) is 0. The normalized spacial score (nSPS) is 11.6. The third-order valence-corrected chi connectivity index (χ3v) is 1.90. The zero-order chi connectivity index (χ0) is 10.2. The first-order valence-electron chi connectivity index (χ1n) is 3.81. The Morgan fingerprint density at radius 2 is 2.15 bits per heavy atom. The minimum atomic E-state index is -0.351. The minimum absolute atomic E-state index is 0.123. The van der Waals surface area contributed by atoms with Gasteiger partial charge in [-0.2, -0.15) is 9.77 Å². The van der Waals surface area contributed by atoms with Gasteiger partial charge in [0.2, 0.25) is 4.77 Å². The van der Waals surface area contributed by atoms with Gasteiger partial charge in [0.15, 0.2) is 0 Å². The van der Waals surface area contributed by atoms with Crippen LogP contribution in [0.3, 0.4) is 0 Å². The molecule has 1 aromatic rings. The third kappa shape index (κ3) is 1.77. The number of nitrogens with two attached hydrogens (primary N) is 1. The summed E-state index contributed by atoms with van der Waals surface area (Å²) >= 11 is 4.74. The molecule has 0 aliphatic carbocycles. The number of aromatic nitrogens is 3. The van der Waals surface area contributed by atoms with Gasteiger partial charge in [-0.15, -0.1) is 0 Å². The van der Waals surface area contributed by atoms with Gasteiger partial charge in [0.1, 0.15) is 5.69 Å². The van der Waals surface area contributed by atoms with E-state index in [1.165, 1.54) is 0 Å². The van der Waals surface area contributed by atoms with Crippen molar-refractivity contribution < 1.29 is 0 Å². The van der Waals surface area contributed by atoms with Gasteiger partial charge in [-0.05, 0) is 12.2 Å². The monoisotopic (exact) mass is 202 g/mol. The Labute approximate surface area is 80.6 Å². The summed E-state index contributed by atoms with van der Waals surface area (Å²) in [5.41, 5.74) is -0.308. The van der Waals surface area contributed by atoms with Gasteiger partial charge in [0, 0.05) is 5.41 Å². The number of nitrogen functional groups attached to an aromatic ring is 1. The van der Waals surface area contributed by atoms with Crippen LogP contribution in [0.15, 0.2) is 4.79 Å². The summed E-state index contributed by atoms with van der Waals surface area (Å²) in [6.07, 6.45) is 0. The number of rotatable bonds is 0. The lowest BCUT2D eigenvalue weighted by molar-refractivity contribution is 0.534. The van der Waals surface area contributed by atoms with E-state index >= 15 is 0 Å². The summed E-state index contributed by atoms with van der Waals surface area (Å²) in [5, 5.41) is 6.39. The predicted octanol–water partition coefficient (Wildman–Crippen LogP) is 0.312. The van der Waals surface area contributed by atoms with Gasteiger partial charge < -0.3 is 5.84 Å². The van der Waals surface area contributed by atoms with Gasteiger partial charge >= 0.3 is 0 Å². The van der Waals surface area contributed by atoms with Gasteiger partial charge in [0.05, 0.1) is 0 Å². The molecule has 13 heavy (non-hydrogen) atoms. The molecule has 0 saturated heterocycles. The highest BCUT2D eigenvalue weighted by atomic mass is 32.1. The van der Waals surface area contributed by atoms with E-state index in [9.17, 15) is 4.79 Å². The lowest BCUT2D eigenvalue weighted by Gasteiger charge is -2.16. The highest BCUT2D eigenvalue weighted by molar-refractivity contribution is 7.71. The number of nitrogens with one attached hydrogen (secondary N) is 1. The molecule has 0 unspecified atom stereocenters. The van der Waals surface area contributed by atoms with Crippen molar-refractivity contribution in [2.75, 3.05) is 5.84 Å². The Morgan fingerprint density at radius 3 is 2.62 bits per heavy atom. The van der Waals surface area contributed by atoms with Gasteiger partial charge in [-0.25, -0.2) is 0 Å². The average molecular weight is 202 g/mol. The van der Waals surface area contributed by atoms with Crippen LogP contribution in [0.4, 0.5) is 0 Å². The lowest BCUT2D eigenvalue weighted by atomic mass is 10.1. The molecule has 72 valence electrons. The summed E-state index contributed by atoms with van der Waals surface area (Å²) < 4.78 is 1.01. The van der Waals surface area contributed by atoms with Crippen LogP contribution in [-0.2, 0) is 5.41 Å². The van der Waals surface area contributed by atoms with E-state index in [0.717, 1.165) is 4.68 Å². The SMILES string of the molecule is CC(C)(C)[14c]1n[nH]c(=S)n(N)c1=O. The molecule has 0 radical (unpaired) electrons. The maximum absolute atomic E-state index is 11.5. The molecule has 0 aromatic carbocycles. The maximum Gasteiger partial charge on any atom is 0.295 e. The smallest absolute Gasteiger partial charge is 0.295 e. The Bertz CT molecular complexity index is 425. The summed E-state index contributed by atoms with van der Waals surface area (Å²) in [6.45, 7) is 5.65. The van der Waals surface area contributed by atoms with Gasteiger partial charge in [0.25, 0.3) is 5.56 Å². The molecule has 0 bridgehead atoms. The fourth-order valence-electron chi connectivity index (χ4n) is 0.900. The first kappa shape index (κ1) is 9.91. The van der Waals surface area contributed by atoms with E-state index in [4.69, 9.17) is 18.1 Å². The molecule has 0 atom stereocenters. The number of nitrogens with zero attached hydrogens (tertiary/aromatic N) is 2. The standard InChI is InChI=1S/C7H12N4OS/c1-7(2,3)4-5(12)11(8)6(13)10-9-4/h8H2,1-3H3,(H,10,13)/i4+2. The number of H-pyrrole nitrogens is 1. The molecule has 0 saturated carbocycles. The van der Waals surface area contributed by atoms with Crippen molar-refractivity contribution in [1.82, 2.24) is 14.9 Å². The van der Waals surface area contributed by atoms with Crippen molar-refractivity contribution in [2.45, 2.75) is 26.2 Å². The third-order valence-electron chi connectivity index (χ3n) is 1.61. The largest absolute Gasteiger partial charge is 0.334 e. The molecule has 1 heterocycles. The Kier molecular flexibility index (Phi) is 2.25. The van der Waals surface area contributed by atoms with Crippen molar-refractivity contribution in [1.29, 1.82) is 0 Å². The second-order valence-electron chi connectivity index (χ2n) is 3.80. The molecular formula is C7H12N4OS. The van der Waals surface area contributed by atoms with E-state index < -0.39 is 0 Å². The van der Waals surface area contributed by atoms with Crippen LogP contribution >= 0.6 is 12.2 Å². The predicted molar refractivity (Wildman–Crippen MR) is 52.5 cm³/mol. The quantitative estimate of drug-likeness (QED) is 0.469. The topological polar surface area (TPSA) is 76.7 Å². The van der Waals surface area contributed by atoms with Crippen molar-refractivity contribution in [3.05, 3.63) is 20.8 Å². The zero-order valence-corrected chi connectivity index (χ0v) is 8.60. The molecule has 6 heteroatoms. The van der Waals surface area contributed by atoms with Crippen molar-refractivity contribution in [3.63, 3.8) is 0 Å². The van der Waals surface area contributed by atoms with Crippen molar-refractivity contribution in [3.8, 4) is 0 Å².